The Hall–Kier alpha value is -1.66. The van der Waals surface area contributed by atoms with E-state index in [1.807, 2.05) is 33.8 Å². The van der Waals surface area contributed by atoms with E-state index in [2.05, 4.69) is 33.3 Å². The number of benzene rings is 1. The van der Waals surface area contributed by atoms with E-state index in [1.165, 1.54) is 0 Å². The van der Waals surface area contributed by atoms with Gasteiger partial charge in [0.05, 0.1) is 23.1 Å². The van der Waals surface area contributed by atoms with Crippen molar-refractivity contribution in [3.63, 3.8) is 0 Å². The molecule has 5 nitrogen and oxygen atoms in total. The third kappa shape index (κ3) is 3.48. The lowest BCUT2D eigenvalue weighted by Gasteiger charge is -2.20. The molecule has 0 bridgehead atoms. The Kier molecular flexibility index (Phi) is 5.13. The summed E-state index contributed by atoms with van der Waals surface area (Å²) in [5, 5.41) is 7.79. The summed E-state index contributed by atoms with van der Waals surface area (Å²) in [7, 11) is 0. The molecule has 1 aliphatic rings. The summed E-state index contributed by atoms with van der Waals surface area (Å²) < 4.78 is 2.90. The second kappa shape index (κ2) is 7.27. The molecule has 1 aromatic carbocycles. The molecule has 1 aromatic heterocycles. The Bertz CT molecular complexity index is 672. The zero-order valence-corrected chi connectivity index (χ0v) is 14.8. The topological polar surface area (TPSA) is 50.2 Å². The van der Waals surface area contributed by atoms with Gasteiger partial charge in [-0.1, -0.05) is 22.9 Å². The van der Waals surface area contributed by atoms with Crippen LogP contribution in [0.3, 0.4) is 0 Å². The van der Waals surface area contributed by atoms with Crippen molar-refractivity contribution in [1.29, 1.82) is 0 Å². The summed E-state index contributed by atoms with van der Waals surface area (Å²) in [6.07, 6.45) is 3.47. The molecule has 0 atom stereocenters. The molecule has 2 aromatic rings. The molecule has 3 rings (SSSR count). The second-order valence-corrected chi connectivity index (χ2v) is 6.56. The number of amides is 1. The summed E-state index contributed by atoms with van der Waals surface area (Å²) in [6.45, 7) is 5.45. The Labute approximate surface area is 144 Å². The van der Waals surface area contributed by atoms with Crippen LogP contribution < -0.4 is 5.32 Å². The second-order valence-electron chi connectivity index (χ2n) is 5.64. The zero-order chi connectivity index (χ0) is 16.2. The number of hydrogen-bond acceptors (Lipinski definition) is 3. The number of carbonyl (C=O) groups excluding carboxylic acids is 1. The molecule has 0 aliphatic carbocycles. The Morgan fingerprint density at radius 3 is 2.78 bits per heavy atom. The van der Waals surface area contributed by atoms with Crippen LogP contribution in [-0.4, -0.2) is 46.8 Å². The summed E-state index contributed by atoms with van der Waals surface area (Å²) in [5.74, 6) is 0.0916. The van der Waals surface area contributed by atoms with Crippen molar-refractivity contribution < 1.29 is 4.79 Å². The van der Waals surface area contributed by atoms with Crippen LogP contribution in [0.1, 0.15) is 29.4 Å². The molecule has 6 heteroatoms. The summed E-state index contributed by atoms with van der Waals surface area (Å²) in [4.78, 5) is 14.8. The molecular weight excluding hydrogens is 356 g/mol. The van der Waals surface area contributed by atoms with Gasteiger partial charge in [-0.15, -0.1) is 0 Å². The number of halogens is 1. The standard InChI is InChI=1S/C17H21BrN4O/c1-2-16-15(17(23)21-10-3-8-19-9-11-21)12-20-22(16)14-6-4-13(18)5-7-14/h4-7,12,19H,2-3,8-11H2,1H3. The normalized spacial score (nSPS) is 15.5. The van der Waals surface area contributed by atoms with Gasteiger partial charge in [0.15, 0.2) is 0 Å². The van der Waals surface area contributed by atoms with Crippen LogP contribution in [0.15, 0.2) is 34.9 Å². The van der Waals surface area contributed by atoms with Crippen molar-refractivity contribution in [1.82, 2.24) is 20.0 Å². The number of aromatic nitrogens is 2. The third-order valence-electron chi connectivity index (χ3n) is 4.13. The highest BCUT2D eigenvalue weighted by Crippen LogP contribution is 2.19. The van der Waals surface area contributed by atoms with Crippen LogP contribution in [0, 0.1) is 0 Å². The van der Waals surface area contributed by atoms with Crippen molar-refractivity contribution in [2.75, 3.05) is 26.2 Å². The van der Waals surface area contributed by atoms with E-state index in [1.54, 1.807) is 6.20 Å². The minimum absolute atomic E-state index is 0.0916. The Balaban J connectivity index is 1.91. The Morgan fingerprint density at radius 1 is 1.26 bits per heavy atom. The summed E-state index contributed by atoms with van der Waals surface area (Å²) in [6, 6.07) is 7.97. The minimum Gasteiger partial charge on any atom is -0.337 e. The quantitative estimate of drug-likeness (QED) is 0.895. The van der Waals surface area contributed by atoms with E-state index < -0.39 is 0 Å². The molecule has 1 amide bonds. The van der Waals surface area contributed by atoms with Gasteiger partial charge in [-0.25, -0.2) is 4.68 Å². The van der Waals surface area contributed by atoms with Gasteiger partial charge in [0.2, 0.25) is 0 Å². The highest BCUT2D eigenvalue weighted by atomic mass is 79.9. The van der Waals surface area contributed by atoms with Gasteiger partial charge < -0.3 is 10.2 Å². The van der Waals surface area contributed by atoms with Gasteiger partial charge >= 0.3 is 0 Å². The number of hydrogen-bond donors (Lipinski definition) is 1. The van der Waals surface area contributed by atoms with E-state index in [0.29, 0.717) is 0 Å². The van der Waals surface area contributed by atoms with Crippen LogP contribution in [0.5, 0.6) is 0 Å². The predicted molar refractivity (Wildman–Crippen MR) is 94.0 cm³/mol. The monoisotopic (exact) mass is 376 g/mol. The fourth-order valence-electron chi connectivity index (χ4n) is 2.92. The fraction of sp³-hybridized carbons (Fsp3) is 0.412. The maximum Gasteiger partial charge on any atom is 0.257 e. The van der Waals surface area contributed by atoms with E-state index in [0.717, 1.165) is 60.4 Å². The molecular formula is C17H21BrN4O. The van der Waals surface area contributed by atoms with Crippen molar-refractivity contribution in [3.8, 4) is 5.69 Å². The molecule has 122 valence electrons. The average Bonchev–Trinajstić information content (AvgIpc) is 2.80. The molecule has 0 saturated carbocycles. The number of nitrogens with zero attached hydrogens (tertiary/aromatic N) is 3. The van der Waals surface area contributed by atoms with Crippen LogP contribution >= 0.6 is 15.9 Å². The highest BCUT2D eigenvalue weighted by molar-refractivity contribution is 9.10. The molecule has 1 aliphatic heterocycles. The van der Waals surface area contributed by atoms with Crippen molar-refractivity contribution in [2.45, 2.75) is 19.8 Å². The maximum absolute atomic E-state index is 12.9. The van der Waals surface area contributed by atoms with Gasteiger partial charge in [-0.05, 0) is 43.7 Å². The molecule has 23 heavy (non-hydrogen) atoms. The van der Waals surface area contributed by atoms with Gasteiger partial charge in [-0.2, -0.15) is 5.10 Å². The van der Waals surface area contributed by atoms with Crippen molar-refractivity contribution >= 4 is 21.8 Å². The average molecular weight is 377 g/mol. The number of rotatable bonds is 3. The largest absolute Gasteiger partial charge is 0.337 e. The third-order valence-corrected chi connectivity index (χ3v) is 4.66. The molecule has 0 spiro atoms. The highest BCUT2D eigenvalue weighted by Gasteiger charge is 2.22. The van der Waals surface area contributed by atoms with Crippen LogP contribution in [0.2, 0.25) is 0 Å². The summed E-state index contributed by atoms with van der Waals surface area (Å²) in [5.41, 5.74) is 2.66. The van der Waals surface area contributed by atoms with Crippen molar-refractivity contribution in [2.24, 2.45) is 0 Å². The van der Waals surface area contributed by atoms with Crippen LogP contribution in [0.4, 0.5) is 0 Å². The molecule has 0 unspecified atom stereocenters. The number of carbonyl (C=O) groups is 1. The first-order valence-electron chi connectivity index (χ1n) is 8.03. The Morgan fingerprint density at radius 2 is 2.04 bits per heavy atom. The smallest absolute Gasteiger partial charge is 0.257 e. The van der Waals surface area contributed by atoms with Gasteiger partial charge in [-0.3, -0.25) is 4.79 Å². The van der Waals surface area contributed by atoms with Crippen molar-refractivity contribution in [3.05, 3.63) is 46.2 Å². The van der Waals surface area contributed by atoms with Crippen LogP contribution in [-0.2, 0) is 6.42 Å². The van der Waals surface area contributed by atoms with E-state index >= 15 is 0 Å². The molecule has 2 heterocycles. The molecule has 1 saturated heterocycles. The minimum atomic E-state index is 0.0916. The molecule has 1 N–H and O–H groups in total. The fourth-order valence-corrected chi connectivity index (χ4v) is 3.18. The zero-order valence-electron chi connectivity index (χ0n) is 13.3. The lowest BCUT2D eigenvalue weighted by Crippen LogP contribution is -2.34. The van der Waals surface area contributed by atoms with Gasteiger partial charge in [0, 0.05) is 24.1 Å². The van der Waals surface area contributed by atoms with Gasteiger partial charge in [0.1, 0.15) is 0 Å². The first-order chi connectivity index (χ1) is 11.2. The van der Waals surface area contributed by atoms with Crippen LogP contribution in [0.25, 0.3) is 5.69 Å². The SMILES string of the molecule is CCc1c(C(=O)N2CCCNCC2)cnn1-c1ccc(Br)cc1. The van der Waals surface area contributed by atoms with E-state index in [4.69, 9.17) is 0 Å². The molecule has 0 radical (unpaired) electrons. The van der Waals surface area contributed by atoms with E-state index in [9.17, 15) is 4.79 Å². The lowest BCUT2D eigenvalue weighted by molar-refractivity contribution is 0.0765. The molecule has 1 fully saturated rings. The first-order valence-corrected chi connectivity index (χ1v) is 8.83. The predicted octanol–water partition coefficient (Wildman–Crippen LogP) is 2.63. The number of nitrogens with one attached hydrogen (secondary N) is 1. The maximum atomic E-state index is 12.9. The van der Waals surface area contributed by atoms with E-state index in [-0.39, 0.29) is 5.91 Å². The summed E-state index contributed by atoms with van der Waals surface area (Å²) >= 11 is 3.45. The lowest BCUT2D eigenvalue weighted by atomic mass is 10.1. The first kappa shape index (κ1) is 16.2. The van der Waals surface area contributed by atoms with Gasteiger partial charge in [0.25, 0.3) is 5.91 Å².